The Morgan fingerprint density at radius 2 is 2.06 bits per heavy atom. The lowest BCUT2D eigenvalue weighted by Gasteiger charge is -1.97. The van der Waals surface area contributed by atoms with Gasteiger partial charge in [0.2, 0.25) is 5.89 Å². The highest BCUT2D eigenvalue weighted by Gasteiger charge is 2.62. The fourth-order valence-corrected chi connectivity index (χ4v) is 1.82. The Morgan fingerprint density at radius 1 is 1.44 bits per heavy atom. The van der Waals surface area contributed by atoms with Gasteiger partial charge in [0.1, 0.15) is 0 Å². The number of hydrogen-bond acceptors (Lipinski definition) is 4. The van der Waals surface area contributed by atoms with Gasteiger partial charge in [-0.15, -0.1) is 0 Å². The van der Waals surface area contributed by atoms with E-state index in [0.717, 1.165) is 0 Å². The number of aromatic nitrogens is 2. The zero-order valence-electron chi connectivity index (χ0n) is 8.54. The van der Waals surface area contributed by atoms with Crippen molar-refractivity contribution in [2.75, 3.05) is 0 Å². The van der Waals surface area contributed by atoms with Gasteiger partial charge in [-0.05, 0) is 5.41 Å². The van der Waals surface area contributed by atoms with E-state index in [1.165, 1.54) is 0 Å². The largest absolute Gasteiger partial charge is 0.455 e. The maximum absolute atomic E-state index is 12.2. The second-order valence-corrected chi connectivity index (χ2v) is 4.36. The monoisotopic (exact) mass is 231 g/mol. The highest BCUT2D eigenvalue weighted by atomic mass is 19.4. The van der Waals surface area contributed by atoms with Crippen molar-refractivity contribution < 1.29 is 17.7 Å². The highest BCUT2D eigenvalue weighted by Crippen LogP contribution is 2.63. The van der Waals surface area contributed by atoms with Crippen LogP contribution in [0.1, 0.15) is 31.5 Å². The second-order valence-electron chi connectivity index (χ2n) is 4.36. The van der Waals surface area contributed by atoms with E-state index in [4.69, 9.17) is 5.26 Å². The summed E-state index contributed by atoms with van der Waals surface area (Å²) in [5.41, 5.74) is -0.399. The molecule has 0 aromatic carbocycles. The van der Waals surface area contributed by atoms with E-state index in [1.54, 1.807) is 13.8 Å². The zero-order valence-corrected chi connectivity index (χ0v) is 8.54. The van der Waals surface area contributed by atoms with Gasteiger partial charge in [0.15, 0.2) is 0 Å². The third kappa shape index (κ3) is 1.45. The SMILES string of the molecule is CC1(C)C(C#N)C1c1nc(C(F)(F)F)no1. The minimum Gasteiger partial charge on any atom is -0.339 e. The average molecular weight is 231 g/mol. The van der Waals surface area contributed by atoms with Gasteiger partial charge in [0.25, 0.3) is 5.82 Å². The van der Waals surface area contributed by atoms with E-state index in [1.807, 2.05) is 6.07 Å². The lowest BCUT2D eigenvalue weighted by molar-refractivity contribution is -0.146. The first-order valence-corrected chi connectivity index (χ1v) is 4.59. The third-order valence-corrected chi connectivity index (χ3v) is 2.93. The Kier molecular flexibility index (Phi) is 2.02. The molecule has 0 aliphatic heterocycles. The molecule has 0 amide bonds. The lowest BCUT2D eigenvalue weighted by atomic mass is 10.1. The zero-order chi connectivity index (χ0) is 12.1. The van der Waals surface area contributed by atoms with Crippen LogP contribution in [-0.4, -0.2) is 10.1 Å². The number of nitriles is 1. The van der Waals surface area contributed by atoms with Crippen LogP contribution in [0, 0.1) is 22.7 Å². The van der Waals surface area contributed by atoms with Crippen LogP contribution in [0.4, 0.5) is 13.2 Å². The summed E-state index contributed by atoms with van der Waals surface area (Å²) in [6.45, 7) is 3.56. The molecule has 1 aliphatic carbocycles. The Bertz CT molecular complexity index is 457. The number of nitrogens with zero attached hydrogens (tertiary/aromatic N) is 3. The van der Waals surface area contributed by atoms with Crippen molar-refractivity contribution in [2.24, 2.45) is 11.3 Å². The Balaban J connectivity index is 2.26. The van der Waals surface area contributed by atoms with E-state index in [9.17, 15) is 13.2 Å². The molecule has 1 aromatic heterocycles. The Hall–Kier alpha value is -1.58. The molecule has 1 heterocycles. The van der Waals surface area contributed by atoms with Crippen molar-refractivity contribution in [3.8, 4) is 6.07 Å². The first-order chi connectivity index (χ1) is 7.28. The van der Waals surface area contributed by atoms with Crippen molar-refractivity contribution in [1.29, 1.82) is 5.26 Å². The standard InChI is InChI=1S/C9H8F3N3O/c1-8(2)4(3-13)5(8)6-14-7(15-16-6)9(10,11)12/h4-5H,1-2H3. The van der Waals surface area contributed by atoms with Crippen LogP contribution in [0.25, 0.3) is 0 Å². The third-order valence-electron chi connectivity index (χ3n) is 2.93. The number of alkyl halides is 3. The van der Waals surface area contributed by atoms with Crippen LogP contribution in [-0.2, 0) is 6.18 Å². The molecule has 1 fully saturated rings. The second kappa shape index (κ2) is 2.97. The first kappa shape index (κ1) is 10.9. The highest BCUT2D eigenvalue weighted by molar-refractivity contribution is 5.26. The van der Waals surface area contributed by atoms with Gasteiger partial charge in [0, 0.05) is 0 Å². The topological polar surface area (TPSA) is 62.7 Å². The summed E-state index contributed by atoms with van der Waals surface area (Å²) in [7, 11) is 0. The predicted molar refractivity (Wildman–Crippen MR) is 44.9 cm³/mol. The van der Waals surface area contributed by atoms with E-state index in [0.29, 0.717) is 0 Å². The molecule has 0 radical (unpaired) electrons. The molecule has 2 atom stereocenters. The van der Waals surface area contributed by atoms with Gasteiger partial charge in [-0.25, -0.2) is 0 Å². The summed E-state index contributed by atoms with van der Waals surface area (Å²) in [4.78, 5) is 3.28. The summed E-state index contributed by atoms with van der Waals surface area (Å²) in [5, 5.41) is 11.6. The average Bonchev–Trinajstić information content (AvgIpc) is 2.57. The molecule has 0 saturated heterocycles. The van der Waals surface area contributed by atoms with Gasteiger partial charge in [0.05, 0.1) is 17.9 Å². The molecule has 0 bridgehead atoms. The molecule has 7 heteroatoms. The molecule has 0 spiro atoms. The normalized spacial score (nSPS) is 27.5. The van der Waals surface area contributed by atoms with Crippen LogP contribution < -0.4 is 0 Å². The number of halogens is 3. The van der Waals surface area contributed by atoms with Crippen LogP contribution in [0.5, 0.6) is 0 Å². The molecule has 1 aromatic rings. The maximum Gasteiger partial charge on any atom is 0.455 e. The molecule has 86 valence electrons. The van der Waals surface area contributed by atoms with Crippen LogP contribution in [0.2, 0.25) is 0 Å². The minimum absolute atomic E-state index is 0.108. The van der Waals surface area contributed by atoms with Gasteiger partial charge in [-0.2, -0.15) is 23.4 Å². The van der Waals surface area contributed by atoms with Crippen molar-refractivity contribution in [3.05, 3.63) is 11.7 Å². The quantitative estimate of drug-likeness (QED) is 0.744. The van der Waals surface area contributed by atoms with Crippen molar-refractivity contribution in [3.63, 3.8) is 0 Å². The van der Waals surface area contributed by atoms with Crippen molar-refractivity contribution in [1.82, 2.24) is 10.1 Å². The van der Waals surface area contributed by atoms with Crippen LogP contribution in [0.3, 0.4) is 0 Å². The lowest BCUT2D eigenvalue weighted by Crippen LogP contribution is -2.07. The van der Waals surface area contributed by atoms with Crippen molar-refractivity contribution >= 4 is 0 Å². The van der Waals surface area contributed by atoms with Gasteiger partial charge >= 0.3 is 6.18 Å². The van der Waals surface area contributed by atoms with E-state index < -0.39 is 23.3 Å². The fourth-order valence-electron chi connectivity index (χ4n) is 1.82. The molecular weight excluding hydrogens is 223 g/mol. The van der Waals surface area contributed by atoms with Crippen LogP contribution >= 0.6 is 0 Å². The first-order valence-electron chi connectivity index (χ1n) is 4.59. The van der Waals surface area contributed by atoms with E-state index in [-0.39, 0.29) is 11.8 Å². The summed E-state index contributed by atoms with van der Waals surface area (Å²) in [6, 6.07) is 2.02. The summed E-state index contributed by atoms with van der Waals surface area (Å²) >= 11 is 0. The molecule has 4 nitrogen and oxygen atoms in total. The van der Waals surface area contributed by atoms with E-state index >= 15 is 0 Å². The van der Waals surface area contributed by atoms with Gasteiger partial charge in [-0.3, -0.25) is 0 Å². The summed E-state index contributed by atoms with van der Waals surface area (Å²) < 4.78 is 41.2. The summed E-state index contributed by atoms with van der Waals surface area (Å²) in [5.74, 6) is -2.17. The molecule has 0 N–H and O–H groups in total. The molecule has 1 aliphatic rings. The maximum atomic E-state index is 12.2. The Morgan fingerprint density at radius 3 is 2.44 bits per heavy atom. The van der Waals surface area contributed by atoms with Gasteiger partial charge < -0.3 is 4.52 Å². The number of rotatable bonds is 1. The summed E-state index contributed by atoms with van der Waals surface area (Å²) in [6.07, 6.45) is -4.61. The smallest absolute Gasteiger partial charge is 0.339 e. The molecular formula is C9H8F3N3O. The molecule has 2 rings (SSSR count). The van der Waals surface area contributed by atoms with Crippen LogP contribution in [0.15, 0.2) is 4.52 Å². The molecule has 1 saturated carbocycles. The molecule has 16 heavy (non-hydrogen) atoms. The Labute approximate surface area is 89.1 Å². The van der Waals surface area contributed by atoms with Gasteiger partial charge in [-0.1, -0.05) is 19.0 Å². The fraction of sp³-hybridized carbons (Fsp3) is 0.667. The van der Waals surface area contributed by atoms with E-state index in [2.05, 4.69) is 14.7 Å². The van der Waals surface area contributed by atoms with Crippen molar-refractivity contribution in [2.45, 2.75) is 25.9 Å². The minimum atomic E-state index is -4.61. The predicted octanol–water partition coefficient (Wildman–Crippen LogP) is 2.35. The molecule has 2 unspecified atom stereocenters. The number of hydrogen-bond donors (Lipinski definition) is 0.